The number of nitrogens with zero attached hydrogens (tertiary/aromatic N) is 1. The Hall–Kier alpha value is -2.40. The molecule has 2 heterocycles. The second-order valence-corrected chi connectivity index (χ2v) is 14.2. The fourth-order valence-corrected chi connectivity index (χ4v) is 12.9. The lowest BCUT2D eigenvalue weighted by molar-refractivity contribution is 0.532. The number of thioether (sulfide) groups is 3. The second kappa shape index (κ2) is 9.72. The van der Waals surface area contributed by atoms with E-state index in [0.29, 0.717) is 10.5 Å². The summed E-state index contributed by atoms with van der Waals surface area (Å²) in [6.07, 6.45) is 5.31. The highest BCUT2D eigenvalue weighted by Crippen LogP contribution is 2.74. The van der Waals surface area contributed by atoms with Crippen molar-refractivity contribution in [3.63, 3.8) is 0 Å². The van der Waals surface area contributed by atoms with Gasteiger partial charge in [-0.15, -0.1) is 23.5 Å². The van der Waals surface area contributed by atoms with Crippen LogP contribution >= 0.6 is 35.3 Å². The SMILES string of the molecule is c1ccc(N=C2Sc3ccccc3C3(SC4CCCCC4S3)C2(c2ccccc2)c2ccccc2)cc1. The average Bonchev–Trinajstić information content (AvgIpc) is 3.35. The van der Waals surface area contributed by atoms with Crippen molar-refractivity contribution in [3.8, 4) is 0 Å². The predicted molar refractivity (Wildman–Crippen MR) is 162 cm³/mol. The zero-order valence-corrected chi connectivity index (χ0v) is 23.1. The van der Waals surface area contributed by atoms with Crippen LogP contribution in [0.1, 0.15) is 42.4 Å². The summed E-state index contributed by atoms with van der Waals surface area (Å²) in [5, 5.41) is 2.51. The maximum absolute atomic E-state index is 5.51. The van der Waals surface area contributed by atoms with Crippen LogP contribution in [0.25, 0.3) is 0 Å². The highest BCUT2D eigenvalue weighted by atomic mass is 32.2. The van der Waals surface area contributed by atoms with E-state index in [-0.39, 0.29) is 4.08 Å². The molecule has 4 aromatic carbocycles. The Morgan fingerprint density at radius 1 is 0.595 bits per heavy atom. The fraction of sp³-hybridized carbons (Fsp3) is 0.242. The first-order valence-electron chi connectivity index (χ1n) is 13.2. The lowest BCUT2D eigenvalue weighted by Crippen LogP contribution is -2.52. The molecule has 4 heteroatoms. The maximum Gasteiger partial charge on any atom is 0.108 e. The molecular formula is C33H29NS3. The molecule has 2 fully saturated rings. The number of hydrogen-bond donors (Lipinski definition) is 0. The number of para-hydroxylation sites is 1. The highest BCUT2D eigenvalue weighted by molar-refractivity contribution is 8.22. The molecule has 2 atom stereocenters. The average molecular weight is 536 g/mol. The van der Waals surface area contributed by atoms with E-state index in [0.717, 1.165) is 5.69 Å². The smallest absolute Gasteiger partial charge is 0.108 e. The van der Waals surface area contributed by atoms with Gasteiger partial charge in [-0.1, -0.05) is 122 Å². The van der Waals surface area contributed by atoms with Crippen LogP contribution in [0.4, 0.5) is 5.69 Å². The Labute approximate surface area is 232 Å². The summed E-state index contributed by atoms with van der Waals surface area (Å²) in [7, 11) is 0. The molecule has 0 radical (unpaired) electrons. The van der Waals surface area contributed by atoms with Gasteiger partial charge in [0, 0.05) is 15.4 Å². The van der Waals surface area contributed by atoms with E-state index in [4.69, 9.17) is 4.99 Å². The van der Waals surface area contributed by atoms with Crippen molar-refractivity contribution in [1.82, 2.24) is 0 Å². The van der Waals surface area contributed by atoms with E-state index in [9.17, 15) is 0 Å². The number of rotatable bonds is 3. The first-order valence-corrected chi connectivity index (χ1v) is 15.8. The van der Waals surface area contributed by atoms with Gasteiger partial charge < -0.3 is 0 Å². The summed E-state index contributed by atoms with van der Waals surface area (Å²) in [4.78, 5) is 6.86. The molecule has 1 saturated heterocycles. The monoisotopic (exact) mass is 535 g/mol. The van der Waals surface area contributed by atoms with E-state index < -0.39 is 5.41 Å². The summed E-state index contributed by atoms with van der Waals surface area (Å²) < 4.78 is -0.204. The van der Waals surface area contributed by atoms with Gasteiger partial charge in [-0.3, -0.25) is 0 Å². The van der Waals surface area contributed by atoms with Crippen molar-refractivity contribution in [2.24, 2.45) is 4.99 Å². The summed E-state index contributed by atoms with van der Waals surface area (Å²) in [6.45, 7) is 0. The largest absolute Gasteiger partial charge is 0.245 e. The molecule has 3 aliphatic rings. The van der Waals surface area contributed by atoms with Crippen molar-refractivity contribution in [2.45, 2.75) is 50.6 Å². The van der Waals surface area contributed by atoms with Crippen molar-refractivity contribution >= 4 is 46.0 Å². The van der Waals surface area contributed by atoms with E-state index in [1.807, 2.05) is 11.8 Å². The molecule has 2 aliphatic heterocycles. The first kappa shape index (κ1) is 23.7. The quantitative estimate of drug-likeness (QED) is 0.259. The summed E-state index contributed by atoms with van der Waals surface area (Å²) in [5.41, 5.74) is 4.72. The molecule has 1 nitrogen and oxygen atoms in total. The number of hydrogen-bond acceptors (Lipinski definition) is 4. The normalized spacial score (nSPS) is 27.1. The highest BCUT2D eigenvalue weighted by Gasteiger charge is 2.66. The van der Waals surface area contributed by atoms with Crippen LogP contribution < -0.4 is 0 Å². The molecule has 7 rings (SSSR count). The van der Waals surface area contributed by atoms with Crippen LogP contribution in [0.2, 0.25) is 0 Å². The lowest BCUT2D eigenvalue weighted by atomic mass is 9.69. The zero-order valence-electron chi connectivity index (χ0n) is 20.6. The van der Waals surface area contributed by atoms with Gasteiger partial charge >= 0.3 is 0 Å². The third kappa shape index (κ3) is 3.75. The minimum Gasteiger partial charge on any atom is -0.245 e. The molecule has 2 unspecified atom stereocenters. The molecule has 1 saturated carbocycles. The van der Waals surface area contributed by atoms with Gasteiger partial charge in [0.25, 0.3) is 0 Å². The molecule has 184 valence electrons. The van der Waals surface area contributed by atoms with E-state index in [2.05, 4.69) is 139 Å². The van der Waals surface area contributed by atoms with Crippen molar-refractivity contribution < 1.29 is 0 Å². The van der Waals surface area contributed by atoms with Gasteiger partial charge in [-0.05, 0) is 47.7 Å². The van der Waals surface area contributed by atoms with Crippen LogP contribution in [0.5, 0.6) is 0 Å². The Bertz CT molecular complexity index is 1360. The van der Waals surface area contributed by atoms with E-state index in [1.165, 1.54) is 52.3 Å². The number of aliphatic imine (C=N–C) groups is 1. The Kier molecular flexibility index (Phi) is 6.23. The molecule has 1 aliphatic carbocycles. The number of fused-ring (bicyclic) bond motifs is 3. The molecular weight excluding hydrogens is 507 g/mol. The van der Waals surface area contributed by atoms with Crippen LogP contribution in [0.15, 0.2) is 125 Å². The van der Waals surface area contributed by atoms with Gasteiger partial charge in [0.2, 0.25) is 0 Å². The third-order valence-corrected chi connectivity index (χ3v) is 13.3. The summed E-state index contributed by atoms with van der Waals surface area (Å²) in [5.74, 6) is 0. The molecule has 0 N–H and O–H groups in total. The molecule has 1 spiro atoms. The van der Waals surface area contributed by atoms with Crippen molar-refractivity contribution in [1.29, 1.82) is 0 Å². The fourth-order valence-electron chi connectivity index (χ4n) is 6.34. The first-order chi connectivity index (χ1) is 18.3. The van der Waals surface area contributed by atoms with Gasteiger partial charge in [0.15, 0.2) is 0 Å². The standard InChI is InChI=1S/C33H29NS3/c1-4-14-24(15-5-1)32(25-16-6-2-7-17-25)31(34-26-18-8-3-9-19-26)35-28-21-11-10-20-27(28)33(32)36-29-22-12-13-23-30(29)37-33/h1-11,14-21,29-30H,12-13,22-23H2. The summed E-state index contributed by atoms with van der Waals surface area (Å²) >= 11 is 6.35. The Morgan fingerprint density at radius 3 is 1.70 bits per heavy atom. The minimum absolute atomic E-state index is 0.204. The second-order valence-electron chi connectivity index (χ2n) is 10.0. The molecule has 4 aromatic rings. The van der Waals surface area contributed by atoms with Crippen LogP contribution in [0.3, 0.4) is 0 Å². The van der Waals surface area contributed by atoms with Crippen molar-refractivity contribution in [2.75, 3.05) is 0 Å². The van der Waals surface area contributed by atoms with Crippen LogP contribution in [0, 0.1) is 0 Å². The molecule has 0 bridgehead atoms. The van der Waals surface area contributed by atoms with E-state index >= 15 is 0 Å². The summed E-state index contributed by atoms with van der Waals surface area (Å²) in [6, 6.07) is 42.1. The molecule has 0 aromatic heterocycles. The minimum atomic E-state index is -0.420. The van der Waals surface area contributed by atoms with Gasteiger partial charge in [-0.2, -0.15) is 0 Å². The third-order valence-electron chi connectivity index (χ3n) is 7.94. The van der Waals surface area contributed by atoms with Crippen LogP contribution in [-0.2, 0) is 9.49 Å². The van der Waals surface area contributed by atoms with Crippen LogP contribution in [-0.4, -0.2) is 15.5 Å². The Morgan fingerprint density at radius 2 is 1.11 bits per heavy atom. The van der Waals surface area contributed by atoms with Crippen molar-refractivity contribution in [3.05, 3.63) is 132 Å². The molecule has 37 heavy (non-hydrogen) atoms. The Balaban J connectivity index is 1.61. The predicted octanol–water partition coefficient (Wildman–Crippen LogP) is 9.45. The lowest BCUT2D eigenvalue weighted by Gasteiger charge is -2.52. The maximum atomic E-state index is 5.51. The number of benzene rings is 4. The van der Waals surface area contributed by atoms with Gasteiger partial charge in [0.05, 0.1) is 16.1 Å². The van der Waals surface area contributed by atoms with Gasteiger partial charge in [-0.25, -0.2) is 4.99 Å². The van der Waals surface area contributed by atoms with E-state index in [1.54, 1.807) is 0 Å². The molecule has 0 amide bonds. The topological polar surface area (TPSA) is 12.4 Å². The van der Waals surface area contributed by atoms with Gasteiger partial charge in [0.1, 0.15) is 4.08 Å². The zero-order chi connectivity index (χ0) is 24.7.